The summed E-state index contributed by atoms with van der Waals surface area (Å²) in [5.74, 6) is 0. The number of benzene rings is 8. The van der Waals surface area contributed by atoms with Crippen molar-refractivity contribution in [2.24, 2.45) is 0 Å². The van der Waals surface area contributed by atoms with Crippen molar-refractivity contribution in [3.63, 3.8) is 0 Å². The molecule has 10 rings (SSSR count). The van der Waals surface area contributed by atoms with Crippen LogP contribution in [0.5, 0.6) is 0 Å². The van der Waals surface area contributed by atoms with E-state index in [2.05, 4.69) is 198 Å². The first-order chi connectivity index (χ1) is 28.1. The molecule has 0 heterocycles. The largest absolute Gasteiger partial charge is 0.0877 e. The molecule has 0 heteroatoms. The Labute approximate surface area is 336 Å². The van der Waals surface area contributed by atoms with E-state index in [4.69, 9.17) is 0 Å². The zero-order chi connectivity index (χ0) is 38.6. The van der Waals surface area contributed by atoms with E-state index in [1.807, 2.05) is 0 Å². The van der Waals surface area contributed by atoms with Crippen molar-refractivity contribution < 1.29 is 0 Å². The van der Waals surface area contributed by atoms with Crippen molar-refractivity contribution in [3.8, 4) is 55.6 Å². The number of fused-ring (bicyclic) bond motifs is 4. The molecule has 0 unspecified atom stereocenters. The molecule has 0 radical (unpaired) electrons. The third kappa shape index (κ3) is 5.42. The monoisotopic (exact) mass is 730 g/mol. The van der Waals surface area contributed by atoms with Gasteiger partial charge in [-0.25, -0.2) is 0 Å². The van der Waals surface area contributed by atoms with E-state index in [-0.39, 0.29) is 0 Å². The number of hydrogen-bond acceptors (Lipinski definition) is 0. The molecule has 2 aliphatic rings. The molecule has 2 aliphatic carbocycles. The van der Waals surface area contributed by atoms with E-state index in [1.165, 1.54) is 121 Å². The average molecular weight is 731 g/mol. The van der Waals surface area contributed by atoms with Crippen LogP contribution in [-0.4, -0.2) is 0 Å². The van der Waals surface area contributed by atoms with Crippen LogP contribution in [-0.2, 0) is 12.8 Å². The van der Waals surface area contributed by atoms with Crippen LogP contribution in [0.1, 0.15) is 50.8 Å². The summed E-state index contributed by atoms with van der Waals surface area (Å²) in [6.07, 6.45) is 14.4. The maximum Gasteiger partial charge on any atom is -0.000719 e. The smallest absolute Gasteiger partial charge is 0.000719 e. The average Bonchev–Trinajstić information content (AvgIpc) is 3.84. The molecule has 0 spiro atoms. The number of aryl methyl sites for hydroxylation is 2. The summed E-state index contributed by atoms with van der Waals surface area (Å²) in [4.78, 5) is 0. The number of rotatable bonds is 8. The Bertz CT molecular complexity index is 3040. The second-order valence-electron chi connectivity index (χ2n) is 15.6. The fourth-order valence-electron chi connectivity index (χ4n) is 10.1. The van der Waals surface area contributed by atoms with Crippen LogP contribution in [0.2, 0.25) is 0 Å². The van der Waals surface area contributed by atoms with Gasteiger partial charge in [0.15, 0.2) is 0 Å². The first-order valence-corrected chi connectivity index (χ1v) is 20.6. The second-order valence-corrected chi connectivity index (χ2v) is 15.6. The minimum absolute atomic E-state index is 0.952. The molecule has 0 aromatic heterocycles. The standard InChI is InChI=1S/C57H46/c1-5-8-19-37(7-3)36(4)41(18-6-2)54-48-25-14-15-26-49(48)55(45-24-13-12-23-42(45)38-20-10-9-11-21-38)56-50-29-17-28-47-44(34-35-51(53(47)50)57(54)56)43-33-32-40-31-30-39-22-16-27-46(43)52(39)40/h5-6,8-29,32-35H,7,30-31H2,1-4H3/b8-5-,18-6-,37-19+,41-36-. The van der Waals surface area contributed by atoms with E-state index in [0.29, 0.717) is 0 Å². The van der Waals surface area contributed by atoms with E-state index < -0.39 is 0 Å². The number of allylic oxidation sites excluding steroid dienone is 8. The summed E-state index contributed by atoms with van der Waals surface area (Å²) in [6, 6.07) is 52.7. The molecule has 8 aromatic carbocycles. The Balaban J connectivity index is 1.37. The summed E-state index contributed by atoms with van der Waals surface area (Å²) in [5.41, 5.74) is 21.2. The van der Waals surface area contributed by atoms with Crippen molar-refractivity contribution >= 4 is 37.9 Å². The second kappa shape index (κ2) is 14.2. The summed E-state index contributed by atoms with van der Waals surface area (Å²) in [5, 5.41) is 8.05. The predicted octanol–water partition coefficient (Wildman–Crippen LogP) is 16.2. The minimum atomic E-state index is 0.952. The molecule has 0 amide bonds. The van der Waals surface area contributed by atoms with Gasteiger partial charge in [0, 0.05) is 0 Å². The third-order valence-electron chi connectivity index (χ3n) is 12.6. The van der Waals surface area contributed by atoms with Crippen LogP contribution in [0, 0.1) is 0 Å². The lowest BCUT2D eigenvalue weighted by Crippen LogP contribution is -1.99. The Morgan fingerprint density at radius 3 is 1.84 bits per heavy atom. The van der Waals surface area contributed by atoms with Crippen LogP contribution >= 0.6 is 0 Å². The van der Waals surface area contributed by atoms with Crippen molar-refractivity contribution in [3.05, 3.63) is 198 Å². The van der Waals surface area contributed by atoms with E-state index >= 15 is 0 Å². The molecular weight excluding hydrogens is 685 g/mol. The van der Waals surface area contributed by atoms with Gasteiger partial charge in [-0.15, -0.1) is 0 Å². The lowest BCUT2D eigenvalue weighted by Gasteiger charge is -2.23. The Kier molecular flexibility index (Phi) is 8.72. The first-order valence-electron chi connectivity index (χ1n) is 20.6. The van der Waals surface area contributed by atoms with Gasteiger partial charge in [0.25, 0.3) is 0 Å². The van der Waals surface area contributed by atoms with Crippen LogP contribution < -0.4 is 0 Å². The zero-order valence-corrected chi connectivity index (χ0v) is 33.3. The van der Waals surface area contributed by atoms with Crippen LogP contribution in [0.25, 0.3) is 93.5 Å². The van der Waals surface area contributed by atoms with Crippen molar-refractivity contribution in [2.45, 2.75) is 47.0 Å². The summed E-state index contributed by atoms with van der Waals surface area (Å²) in [7, 11) is 0. The molecule has 0 aliphatic heterocycles. The van der Waals surface area contributed by atoms with Gasteiger partial charge in [-0.1, -0.05) is 177 Å². The highest BCUT2D eigenvalue weighted by atomic mass is 14.3. The summed E-state index contributed by atoms with van der Waals surface area (Å²) in [6.45, 7) is 8.85. The molecule has 0 bridgehead atoms. The maximum absolute atomic E-state index is 2.44. The van der Waals surface area contributed by atoms with Gasteiger partial charge in [0.05, 0.1) is 0 Å². The summed E-state index contributed by atoms with van der Waals surface area (Å²) < 4.78 is 0. The van der Waals surface area contributed by atoms with E-state index in [9.17, 15) is 0 Å². The fourth-order valence-corrected chi connectivity index (χ4v) is 10.1. The maximum atomic E-state index is 2.44. The van der Waals surface area contributed by atoms with E-state index in [1.54, 1.807) is 0 Å². The van der Waals surface area contributed by atoms with E-state index in [0.717, 1.165) is 19.3 Å². The molecule has 0 fully saturated rings. The van der Waals surface area contributed by atoms with Gasteiger partial charge >= 0.3 is 0 Å². The molecule has 0 atom stereocenters. The highest BCUT2D eigenvalue weighted by molar-refractivity contribution is 6.28. The van der Waals surface area contributed by atoms with Gasteiger partial charge in [0.2, 0.25) is 0 Å². The predicted molar refractivity (Wildman–Crippen MR) is 248 cm³/mol. The Hall–Kier alpha value is -6.50. The number of hydrogen-bond donors (Lipinski definition) is 0. The minimum Gasteiger partial charge on any atom is -0.0877 e. The van der Waals surface area contributed by atoms with Crippen molar-refractivity contribution in [1.29, 1.82) is 0 Å². The van der Waals surface area contributed by atoms with Gasteiger partial charge in [-0.2, -0.15) is 0 Å². The van der Waals surface area contributed by atoms with Crippen LogP contribution in [0.4, 0.5) is 0 Å². The highest BCUT2D eigenvalue weighted by Gasteiger charge is 2.33. The molecular formula is C57H46. The van der Waals surface area contributed by atoms with Crippen LogP contribution in [0.3, 0.4) is 0 Å². The molecule has 0 nitrogen and oxygen atoms in total. The van der Waals surface area contributed by atoms with Gasteiger partial charge in [-0.05, 0) is 161 Å². The van der Waals surface area contributed by atoms with Gasteiger partial charge in [-0.3, -0.25) is 0 Å². The SMILES string of the molecule is C\C=C/C=C(CC)/C(C)=C(/C=C\C)c1c2c(c(-c3ccccc3-c3ccccc3)c3ccccc13)-c1cccc3c(-c4ccc5c6c(cccc46)CC5)ccc-2c13. The topological polar surface area (TPSA) is 0 Å². The highest BCUT2D eigenvalue weighted by Crippen LogP contribution is 2.59. The zero-order valence-electron chi connectivity index (χ0n) is 33.3. The Morgan fingerprint density at radius 1 is 0.491 bits per heavy atom. The first kappa shape index (κ1) is 35.0. The van der Waals surface area contributed by atoms with Gasteiger partial charge in [0.1, 0.15) is 0 Å². The fraction of sp³-hybridized carbons (Fsp3) is 0.123. The summed E-state index contributed by atoms with van der Waals surface area (Å²) >= 11 is 0. The molecule has 57 heavy (non-hydrogen) atoms. The van der Waals surface area contributed by atoms with Crippen molar-refractivity contribution in [1.82, 2.24) is 0 Å². The molecule has 0 saturated carbocycles. The lowest BCUT2D eigenvalue weighted by molar-refractivity contribution is 1.02. The van der Waals surface area contributed by atoms with Crippen LogP contribution in [0.15, 0.2) is 181 Å². The normalized spacial score (nSPS) is 13.8. The molecule has 0 N–H and O–H groups in total. The quantitative estimate of drug-likeness (QED) is 0.137. The Morgan fingerprint density at radius 2 is 1.09 bits per heavy atom. The lowest BCUT2D eigenvalue weighted by atomic mass is 9.79. The molecule has 8 aromatic rings. The molecule has 274 valence electrons. The molecule has 0 saturated heterocycles. The third-order valence-corrected chi connectivity index (χ3v) is 12.6. The van der Waals surface area contributed by atoms with Crippen molar-refractivity contribution in [2.75, 3.05) is 0 Å². The van der Waals surface area contributed by atoms with Gasteiger partial charge < -0.3 is 0 Å².